The summed E-state index contributed by atoms with van der Waals surface area (Å²) in [7, 11) is 1.77. The predicted octanol–water partition coefficient (Wildman–Crippen LogP) is 3.40. The second-order valence-electron chi connectivity index (χ2n) is 7.20. The van der Waals surface area contributed by atoms with Gasteiger partial charge in [0.15, 0.2) is 5.96 Å². The molecule has 1 saturated heterocycles. The first-order valence-electron chi connectivity index (χ1n) is 9.80. The summed E-state index contributed by atoms with van der Waals surface area (Å²) in [5, 5.41) is 6.71. The van der Waals surface area contributed by atoms with Crippen LogP contribution in [0.1, 0.15) is 32.1 Å². The number of hydrogen-bond acceptors (Lipinski definition) is 3. The number of guanidine groups is 1. The molecule has 1 aromatic carbocycles. The van der Waals surface area contributed by atoms with Gasteiger partial charge in [-0.05, 0) is 43.5 Å². The second-order valence-corrected chi connectivity index (χ2v) is 8.11. The summed E-state index contributed by atoms with van der Waals surface area (Å²) >= 11 is 3.41. The van der Waals surface area contributed by atoms with Gasteiger partial charge in [0.1, 0.15) is 12.4 Å². The minimum Gasteiger partial charge on any atom is -0.492 e. The van der Waals surface area contributed by atoms with Crippen molar-refractivity contribution in [3.63, 3.8) is 0 Å². The zero-order valence-corrected chi connectivity index (χ0v) is 20.2. The van der Waals surface area contributed by atoms with Gasteiger partial charge in [-0.15, -0.1) is 24.0 Å². The van der Waals surface area contributed by atoms with Crippen LogP contribution in [0.25, 0.3) is 0 Å². The molecule has 156 valence electrons. The molecule has 0 radical (unpaired) electrons. The first-order valence-corrected chi connectivity index (χ1v) is 10.6. The lowest BCUT2D eigenvalue weighted by Crippen LogP contribution is -2.46. The van der Waals surface area contributed by atoms with Crippen LogP contribution in [0.4, 0.5) is 0 Å². The minimum absolute atomic E-state index is 0. The Morgan fingerprint density at radius 3 is 2.64 bits per heavy atom. The third-order valence-electron chi connectivity index (χ3n) is 5.25. The lowest BCUT2D eigenvalue weighted by Gasteiger charge is -2.21. The van der Waals surface area contributed by atoms with Gasteiger partial charge >= 0.3 is 0 Å². The van der Waals surface area contributed by atoms with Crippen molar-refractivity contribution in [1.29, 1.82) is 0 Å². The van der Waals surface area contributed by atoms with E-state index in [9.17, 15) is 4.79 Å². The summed E-state index contributed by atoms with van der Waals surface area (Å²) in [6.07, 6.45) is 5.49. The SMILES string of the molecule is CN=C(NCCOc1ccc(Br)cc1)NC1CCN(C(=O)C2CCCC2)C1.I. The van der Waals surface area contributed by atoms with Gasteiger partial charge in [0, 0.05) is 36.6 Å². The highest BCUT2D eigenvalue weighted by molar-refractivity contribution is 14.0. The molecule has 0 aromatic heterocycles. The van der Waals surface area contributed by atoms with Crippen LogP contribution in [0.3, 0.4) is 0 Å². The number of carbonyl (C=O) groups excluding carboxylic acids is 1. The average molecular weight is 565 g/mol. The fraction of sp³-hybridized carbons (Fsp3) is 0.600. The van der Waals surface area contributed by atoms with Crippen molar-refractivity contribution < 1.29 is 9.53 Å². The van der Waals surface area contributed by atoms with Gasteiger partial charge in [-0.2, -0.15) is 0 Å². The summed E-state index contributed by atoms with van der Waals surface area (Å²) in [6.45, 7) is 2.83. The first kappa shape index (κ1) is 23.3. The van der Waals surface area contributed by atoms with Gasteiger partial charge in [0.25, 0.3) is 0 Å². The topological polar surface area (TPSA) is 66.0 Å². The Bertz CT molecular complexity index is 650. The molecule has 8 heteroatoms. The lowest BCUT2D eigenvalue weighted by atomic mass is 10.1. The molecule has 1 heterocycles. The number of halogens is 2. The van der Waals surface area contributed by atoms with E-state index in [1.165, 1.54) is 12.8 Å². The van der Waals surface area contributed by atoms with Crippen molar-refractivity contribution in [2.45, 2.75) is 38.1 Å². The Hall–Kier alpha value is -1.03. The maximum atomic E-state index is 12.5. The summed E-state index contributed by atoms with van der Waals surface area (Å²) in [5.74, 6) is 2.22. The normalized spacial score (nSPS) is 20.0. The van der Waals surface area contributed by atoms with Gasteiger partial charge in [0.05, 0.1) is 6.54 Å². The van der Waals surface area contributed by atoms with E-state index in [0.29, 0.717) is 19.1 Å². The number of benzene rings is 1. The summed E-state index contributed by atoms with van der Waals surface area (Å²) in [6, 6.07) is 8.05. The molecule has 1 unspecified atom stereocenters. The van der Waals surface area contributed by atoms with E-state index in [1.807, 2.05) is 29.2 Å². The first-order chi connectivity index (χ1) is 13.2. The fourth-order valence-electron chi connectivity index (χ4n) is 3.77. The van der Waals surface area contributed by atoms with Crippen LogP contribution in [0.15, 0.2) is 33.7 Å². The van der Waals surface area contributed by atoms with Gasteiger partial charge in [-0.25, -0.2) is 0 Å². The minimum atomic E-state index is 0. The van der Waals surface area contributed by atoms with Crippen LogP contribution in [0.5, 0.6) is 5.75 Å². The fourth-order valence-corrected chi connectivity index (χ4v) is 4.03. The van der Waals surface area contributed by atoms with Crippen molar-refractivity contribution in [1.82, 2.24) is 15.5 Å². The molecule has 0 spiro atoms. The zero-order valence-electron chi connectivity index (χ0n) is 16.3. The van der Waals surface area contributed by atoms with Crippen molar-refractivity contribution in [3.8, 4) is 5.75 Å². The number of rotatable bonds is 6. The summed E-state index contributed by atoms with van der Waals surface area (Å²) in [4.78, 5) is 18.9. The molecule has 2 fully saturated rings. The Balaban J connectivity index is 0.00000280. The van der Waals surface area contributed by atoms with Crippen LogP contribution in [-0.4, -0.2) is 56.1 Å². The van der Waals surface area contributed by atoms with Gasteiger partial charge in [-0.3, -0.25) is 9.79 Å². The van der Waals surface area contributed by atoms with E-state index in [0.717, 1.165) is 48.5 Å². The molecular formula is C20H30BrIN4O2. The number of likely N-dealkylation sites (tertiary alicyclic amines) is 1. The highest BCUT2D eigenvalue weighted by atomic mass is 127. The quantitative estimate of drug-likeness (QED) is 0.240. The number of carbonyl (C=O) groups is 1. The Morgan fingerprint density at radius 1 is 1.25 bits per heavy atom. The number of nitrogens with zero attached hydrogens (tertiary/aromatic N) is 2. The third-order valence-corrected chi connectivity index (χ3v) is 5.77. The monoisotopic (exact) mass is 564 g/mol. The number of amides is 1. The molecule has 2 aliphatic rings. The molecule has 2 N–H and O–H groups in total. The van der Waals surface area contributed by atoms with Crippen molar-refractivity contribution in [3.05, 3.63) is 28.7 Å². The molecular weight excluding hydrogens is 535 g/mol. The number of ether oxygens (including phenoxy) is 1. The molecule has 3 rings (SSSR count). The highest BCUT2D eigenvalue weighted by Crippen LogP contribution is 2.27. The molecule has 1 atom stereocenters. The maximum absolute atomic E-state index is 12.5. The van der Waals surface area contributed by atoms with Crippen LogP contribution in [0.2, 0.25) is 0 Å². The van der Waals surface area contributed by atoms with E-state index < -0.39 is 0 Å². The second kappa shape index (κ2) is 11.8. The van der Waals surface area contributed by atoms with Crippen molar-refractivity contribution in [2.75, 3.05) is 33.3 Å². The molecule has 0 bridgehead atoms. The van der Waals surface area contributed by atoms with Gasteiger partial charge in [-0.1, -0.05) is 28.8 Å². The van der Waals surface area contributed by atoms with Gasteiger partial charge in [0.2, 0.25) is 5.91 Å². The lowest BCUT2D eigenvalue weighted by molar-refractivity contribution is -0.134. The highest BCUT2D eigenvalue weighted by Gasteiger charge is 2.32. The molecule has 1 aliphatic carbocycles. The molecule has 28 heavy (non-hydrogen) atoms. The van der Waals surface area contributed by atoms with E-state index in [2.05, 4.69) is 31.6 Å². The molecule has 1 amide bonds. The van der Waals surface area contributed by atoms with Crippen LogP contribution in [0, 0.1) is 5.92 Å². The molecule has 1 aromatic rings. The van der Waals surface area contributed by atoms with Crippen LogP contribution < -0.4 is 15.4 Å². The average Bonchev–Trinajstić information content (AvgIpc) is 3.37. The number of hydrogen-bond donors (Lipinski definition) is 2. The summed E-state index contributed by atoms with van der Waals surface area (Å²) < 4.78 is 6.75. The van der Waals surface area contributed by atoms with Gasteiger partial charge < -0.3 is 20.3 Å². The van der Waals surface area contributed by atoms with E-state index in [4.69, 9.17) is 4.74 Å². The van der Waals surface area contributed by atoms with Crippen LogP contribution in [-0.2, 0) is 4.79 Å². The van der Waals surface area contributed by atoms with E-state index >= 15 is 0 Å². The maximum Gasteiger partial charge on any atom is 0.225 e. The summed E-state index contributed by atoms with van der Waals surface area (Å²) in [5.41, 5.74) is 0. The van der Waals surface area contributed by atoms with Crippen LogP contribution >= 0.6 is 39.9 Å². The molecule has 1 saturated carbocycles. The van der Waals surface area contributed by atoms with E-state index in [1.54, 1.807) is 7.05 Å². The van der Waals surface area contributed by atoms with Crippen molar-refractivity contribution in [2.24, 2.45) is 10.9 Å². The Labute approximate surface area is 193 Å². The standard InChI is InChI=1S/C20H29BrN4O2.HI/c1-22-20(23-11-13-27-18-8-6-16(21)7-9-18)24-17-10-12-25(14-17)19(26)15-4-2-3-5-15;/h6-9,15,17H,2-5,10-14H2,1H3,(H2,22,23,24);1H. The smallest absolute Gasteiger partial charge is 0.225 e. The largest absolute Gasteiger partial charge is 0.492 e. The Morgan fingerprint density at radius 2 is 1.96 bits per heavy atom. The third kappa shape index (κ3) is 6.79. The Kier molecular flexibility index (Phi) is 9.84. The number of nitrogens with one attached hydrogen (secondary N) is 2. The van der Waals surface area contributed by atoms with E-state index in [-0.39, 0.29) is 35.9 Å². The predicted molar refractivity (Wildman–Crippen MR) is 126 cm³/mol. The zero-order chi connectivity index (χ0) is 19.1. The number of aliphatic imine (C=N–C) groups is 1. The van der Waals surface area contributed by atoms with Crippen molar-refractivity contribution >= 4 is 51.8 Å². The molecule has 6 nitrogen and oxygen atoms in total. The molecule has 1 aliphatic heterocycles.